The third-order valence-corrected chi connectivity index (χ3v) is 3.10. The molecule has 2 aromatic rings. The van der Waals surface area contributed by atoms with Crippen molar-refractivity contribution >= 4 is 23.4 Å². The molecule has 1 heterocycles. The molecule has 1 aromatic heterocycles. The molecule has 1 aliphatic rings. The van der Waals surface area contributed by atoms with Gasteiger partial charge in [-0.3, -0.25) is 0 Å². The van der Waals surface area contributed by atoms with Gasteiger partial charge in [-0.05, 0) is 30.5 Å². The van der Waals surface area contributed by atoms with Crippen molar-refractivity contribution in [1.82, 2.24) is 9.97 Å². The monoisotopic (exact) mass is 260 g/mol. The van der Waals surface area contributed by atoms with E-state index in [-0.39, 0.29) is 0 Å². The summed E-state index contributed by atoms with van der Waals surface area (Å²) >= 11 is 5.96. The summed E-state index contributed by atoms with van der Waals surface area (Å²) < 4.78 is 0. The van der Waals surface area contributed by atoms with Gasteiger partial charge in [0.05, 0.1) is 0 Å². The SMILES string of the molecule is Nc1nc(NC2CC2)ncc1-c1cccc(Cl)c1. The van der Waals surface area contributed by atoms with Gasteiger partial charge in [-0.25, -0.2) is 4.98 Å². The molecule has 0 aliphatic heterocycles. The lowest BCUT2D eigenvalue weighted by Gasteiger charge is -2.08. The largest absolute Gasteiger partial charge is 0.383 e. The van der Waals surface area contributed by atoms with E-state index in [0.29, 0.717) is 22.8 Å². The highest BCUT2D eigenvalue weighted by Gasteiger charge is 2.22. The molecule has 0 spiro atoms. The van der Waals surface area contributed by atoms with Crippen molar-refractivity contribution in [3.05, 3.63) is 35.5 Å². The highest BCUT2D eigenvalue weighted by molar-refractivity contribution is 6.30. The maximum Gasteiger partial charge on any atom is 0.224 e. The highest BCUT2D eigenvalue weighted by atomic mass is 35.5. The smallest absolute Gasteiger partial charge is 0.224 e. The molecule has 1 saturated carbocycles. The minimum Gasteiger partial charge on any atom is -0.383 e. The molecule has 0 atom stereocenters. The summed E-state index contributed by atoms with van der Waals surface area (Å²) in [5, 5.41) is 3.89. The number of nitrogens with two attached hydrogens (primary N) is 1. The summed E-state index contributed by atoms with van der Waals surface area (Å²) in [6.45, 7) is 0. The minimum absolute atomic E-state index is 0.468. The molecule has 3 rings (SSSR count). The summed E-state index contributed by atoms with van der Waals surface area (Å²) in [5.74, 6) is 1.07. The molecule has 92 valence electrons. The first-order chi connectivity index (χ1) is 8.72. The number of rotatable bonds is 3. The predicted molar refractivity (Wildman–Crippen MR) is 73.5 cm³/mol. The standard InChI is InChI=1S/C13H13ClN4/c14-9-3-1-2-8(6-9)11-7-16-13(18-12(11)15)17-10-4-5-10/h1-3,6-7,10H,4-5H2,(H3,15,16,17,18). The van der Waals surface area contributed by atoms with Crippen molar-refractivity contribution in [2.45, 2.75) is 18.9 Å². The van der Waals surface area contributed by atoms with Crippen LogP contribution in [-0.2, 0) is 0 Å². The zero-order valence-electron chi connectivity index (χ0n) is 9.73. The Balaban J connectivity index is 1.92. The van der Waals surface area contributed by atoms with Gasteiger partial charge in [-0.1, -0.05) is 23.7 Å². The van der Waals surface area contributed by atoms with Crippen molar-refractivity contribution in [3.8, 4) is 11.1 Å². The normalized spacial score (nSPS) is 14.5. The second kappa shape index (κ2) is 4.46. The van der Waals surface area contributed by atoms with Gasteiger partial charge in [0.2, 0.25) is 5.95 Å². The van der Waals surface area contributed by atoms with Crippen LogP contribution in [0.1, 0.15) is 12.8 Å². The average Bonchev–Trinajstić information content (AvgIpc) is 3.13. The Kier molecular flexibility index (Phi) is 2.80. The molecule has 0 bridgehead atoms. The molecule has 1 aliphatic carbocycles. The van der Waals surface area contributed by atoms with E-state index in [9.17, 15) is 0 Å². The summed E-state index contributed by atoms with van der Waals surface area (Å²) in [6, 6.07) is 8.01. The molecule has 0 unspecified atom stereocenters. The second-order valence-corrected chi connectivity index (χ2v) is 4.86. The van der Waals surface area contributed by atoms with Crippen LogP contribution >= 0.6 is 11.6 Å². The molecule has 0 saturated heterocycles. The molecule has 18 heavy (non-hydrogen) atoms. The van der Waals surface area contributed by atoms with E-state index in [2.05, 4.69) is 15.3 Å². The first-order valence-electron chi connectivity index (χ1n) is 5.87. The Labute approximate surface area is 110 Å². The van der Waals surface area contributed by atoms with Gasteiger partial charge in [0.1, 0.15) is 5.82 Å². The molecule has 5 heteroatoms. The molecule has 0 amide bonds. The molecule has 1 fully saturated rings. The van der Waals surface area contributed by atoms with Crippen molar-refractivity contribution < 1.29 is 0 Å². The van der Waals surface area contributed by atoms with Gasteiger partial charge in [-0.15, -0.1) is 0 Å². The second-order valence-electron chi connectivity index (χ2n) is 4.42. The Morgan fingerprint density at radius 3 is 2.83 bits per heavy atom. The van der Waals surface area contributed by atoms with Crippen LogP contribution in [0.3, 0.4) is 0 Å². The van der Waals surface area contributed by atoms with Crippen molar-refractivity contribution in [2.24, 2.45) is 0 Å². The first-order valence-corrected chi connectivity index (χ1v) is 6.25. The molecular weight excluding hydrogens is 248 g/mol. The molecular formula is C13H13ClN4. The third kappa shape index (κ3) is 2.38. The molecule has 3 N–H and O–H groups in total. The Morgan fingerprint density at radius 2 is 2.17 bits per heavy atom. The zero-order valence-corrected chi connectivity index (χ0v) is 10.5. The van der Waals surface area contributed by atoms with E-state index in [1.54, 1.807) is 6.20 Å². The van der Waals surface area contributed by atoms with Gasteiger partial charge < -0.3 is 11.1 Å². The van der Waals surface area contributed by atoms with Crippen molar-refractivity contribution in [2.75, 3.05) is 11.1 Å². The maximum absolute atomic E-state index is 5.97. The third-order valence-electron chi connectivity index (χ3n) is 2.86. The first kappa shape index (κ1) is 11.3. The number of nitrogens with one attached hydrogen (secondary N) is 1. The number of aromatic nitrogens is 2. The fourth-order valence-electron chi connectivity index (χ4n) is 1.75. The molecule has 4 nitrogen and oxygen atoms in total. The van der Waals surface area contributed by atoms with Crippen LogP contribution in [0.4, 0.5) is 11.8 Å². The minimum atomic E-state index is 0.468. The lowest BCUT2D eigenvalue weighted by atomic mass is 10.1. The van der Waals surface area contributed by atoms with E-state index in [1.807, 2.05) is 24.3 Å². The Bertz CT molecular complexity index is 581. The van der Waals surface area contributed by atoms with Gasteiger partial charge in [0.15, 0.2) is 0 Å². The molecule has 0 radical (unpaired) electrons. The van der Waals surface area contributed by atoms with E-state index >= 15 is 0 Å². The number of benzene rings is 1. The number of anilines is 2. The highest BCUT2D eigenvalue weighted by Crippen LogP contribution is 2.28. The predicted octanol–water partition coefficient (Wildman–Crippen LogP) is 2.95. The number of nitrogen functional groups attached to an aromatic ring is 1. The zero-order chi connectivity index (χ0) is 12.5. The van der Waals surface area contributed by atoms with Gasteiger partial charge >= 0.3 is 0 Å². The number of hydrogen-bond acceptors (Lipinski definition) is 4. The quantitative estimate of drug-likeness (QED) is 0.891. The Morgan fingerprint density at radius 1 is 1.33 bits per heavy atom. The molecule has 1 aromatic carbocycles. The summed E-state index contributed by atoms with van der Waals surface area (Å²) in [5.41, 5.74) is 7.70. The van der Waals surface area contributed by atoms with Crippen LogP contribution in [0.2, 0.25) is 5.02 Å². The van der Waals surface area contributed by atoms with Crippen LogP contribution in [-0.4, -0.2) is 16.0 Å². The van der Waals surface area contributed by atoms with Crippen LogP contribution < -0.4 is 11.1 Å². The van der Waals surface area contributed by atoms with Gasteiger partial charge in [0.25, 0.3) is 0 Å². The van der Waals surface area contributed by atoms with E-state index in [0.717, 1.165) is 11.1 Å². The topological polar surface area (TPSA) is 63.8 Å². The fraction of sp³-hybridized carbons (Fsp3) is 0.231. The summed E-state index contributed by atoms with van der Waals surface area (Å²) in [4.78, 5) is 8.55. The van der Waals surface area contributed by atoms with Gasteiger partial charge in [0, 0.05) is 22.8 Å². The van der Waals surface area contributed by atoms with E-state index < -0.39 is 0 Å². The van der Waals surface area contributed by atoms with Crippen molar-refractivity contribution in [1.29, 1.82) is 0 Å². The summed E-state index contributed by atoms with van der Waals surface area (Å²) in [6.07, 6.45) is 4.09. The maximum atomic E-state index is 5.97. The van der Waals surface area contributed by atoms with Gasteiger partial charge in [-0.2, -0.15) is 4.98 Å². The fourth-order valence-corrected chi connectivity index (χ4v) is 1.94. The van der Waals surface area contributed by atoms with Crippen LogP contribution in [0.15, 0.2) is 30.5 Å². The van der Waals surface area contributed by atoms with Crippen LogP contribution in [0, 0.1) is 0 Å². The van der Waals surface area contributed by atoms with E-state index in [4.69, 9.17) is 17.3 Å². The van der Waals surface area contributed by atoms with E-state index in [1.165, 1.54) is 12.8 Å². The summed E-state index contributed by atoms with van der Waals surface area (Å²) in [7, 11) is 0. The average molecular weight is 261 g/mol. The lowest BCUT2D eigenvalue weighted by Crippen LogP contribution is -2.07. The lowest BCUT2D eigenvalue weighted by molar-refractivity contribution is 1.06. The number of halogens is 1. The number of hydrogen-bond donors (Lipinski definition) is 2. The van der Waals surface area contributed by atoms with Crippen molar-refractivity contribution in [3.63, 3.8) is 0 Å². The van der Waals surface area contributed by atoms with Crippen LogP contribution in [0.5, 0.6) is 0 Å². The Hall–Kier alpha value is -1.81. The van der Waals surface area contributed by atoms with Crippen LogP contribution in [0.25, 0.3) is 11.1 Å². The number of nitrogens with zero attached hydrogens (tertiary/aromatic N) is 2.